The van der Waals surface area contributed by atoms with Crippen LogP contribution in [0.3, 0.4) is 0 Å². The van der Waals surface area contributed by atoms with E-state index < -0.39 is 11.5 Å². The van der Waals surface area contributed by atoms with E-state index >= 15 is 0 Å². The number of carboxylic acid groups (broad SMARTS) is 1. The minimum absolute atomic E-state index is 0.0151. The predicted molar refractivity (Wildman–Crippen MR) is 69.8 cm³/mol. The van der Waals surface area contributed by atoms with Crippen LogP contribution in [0.15, 0.2) is 0 Å². The quantitative estimate of drug-likeness (QED) is 0.796. The van der Waals surface area contributed by atoms with Gasteiger partial charge in [-0.1, -0.05) is 19.3 Å². The molecule has 0 aromatic rings. The lowest BCUT2D eigenvalue weighted by Gasteiger charge is -2.37. The fourth-order valence-corrected chi connectivity index (χ4v) is 3.22. The van der Waals surface area contributed by atoms with Crippen LogP contribution in [0.4, 0.5) is 0 Å². The summed E-state index contributed by atoms with van der Waals surface area (Å²) in [5.74, 6) is -0.546. The maximum absolute atomic E-state index is 12.1. The van der Waals surface area contributed by atoms with Gasteiger partial charge in [-0.25, -0.2) is 0 Å². The molecule has 5 nitrogen and oxygen atoms in total. The summed E-state index contributed by atoms with van der Waals surface area (Å²) in [7, 11) is 0. The molecule has 2 N–H and O–H groups in total. The first-order chi connectivity index (χ1) is 9.10. The van der Waals surface area contributed by atoms with Crippen molar-refractivity contribution in [3.8, 4) is 0 Å². The first-order valence-corrected chi connectivity index (χ1v) is 7.20. The van der Waals surface area contributed by atoms with E-state index in [9.17, 15) is 9.59 Å². The number of rotatable bonds is 5. The molecule has 1 saturated carbocycles. The van der Waals surface area contributed by atoms with Crippen molar-refractivity contribution in [3.63, 3.8) is 0 Å². The van der Waals surface area contributed by atoms with Gasteiger partial charge in [0.05, 0.1) is 12.0 Å². The molecule has 2 rings (SSSR count). The average Bonchev–Trinajstić information content (AvgIpc) is 2.81. The van der Waals surface area contributed by atoms with E-state index in [2.05, 4.69) is 5.32 Å². The highest BCUT2D eigenvalue weighted by Gasteiger charge is 2.36. The van der Waals surface area contributed by atoms with E-state index in [4.69, 9.17) is 9.84 Å². The zero-order valence-corrected chi connectivity index (χ0v) is 11.3. The van der Waals surface area contributed by atoms with Crippen LogP contribution in [0.1, 0.15) is 51.4 Å². The van der Waals surface area contributed by atoms with Gasteiger partial charge in [-0.05, 0) is 25.2 Å². The van der Waals surface area contributed by atoms with Gasteiger partial charge in [-0.3, -0.25) is 9.59 Å². The zero-order valence-electron chi connectivity index (χ0n) is 11.3. The van der Waals surface area contributed by atoms with Crippen LogP contribution in [0, 0.1) is 5.92 Å². The Balaban J connectivity index is 1.90. The Bertz CT molecular complexity index is 330. The molecule has 1 aliphatic carbocycles. The fourth-order valence-electron chi connectivity index (χ4n) is 3.22. The van der Waals surface area contributed by atoms with Gasteiger partial charge in [-0.15, -0.1) is 0 Å². The van der Waals surface area contributed by atoms with Gasteiger partial charge in [0, 0.05) is 19.6 Å². The molecular weight excluding hydrogens is 246 g/mol. The topological polar surface area (TPSA) is 75.6 Å². The highest BCUT2D eigenvalue weighted by atomic mass is 16.5. The molecule has 1 unspecified atom stereocenters. The van der Waals surface area contributed by atoms with E-state index in [0.717, 1.165) is 45.1 Å². The molecule has 19 heavy (non-hydrogen) atoms. The number of carbonyl (C=O) groups excluding carboxylic acids is 1. The van der Waals surface area contributed by atoms with Gasteiger partial charge < -0.3 is 15.2 Å². The molecule has 108 valence electrons. The van der Waals surface area contributed by atoms with E-state index in [1.165, 1.54) is 0 Å². The number of amides is 1. The third-order valence-corrected chi connectivity index (χ3v) is 4.20. The standard InChI is InChI=1S/C14H23NO4/c16-12(8-11-4-7-19-10-11)15-14(9-13(17)18)5-2-1-3-6-14/h11H,1-10H2,(H,15,16)(H,17,18). The molecule has 1 saturated heterocycles. The fraction of sp³-hybridized carbons (Fsp3) is 0.857. The van der Waals surface area contributed by atoms with Crippen molar-refractivity contribution in [2.45, 2.75) is 56.9 Å². The molecule has 0 spiro atoms. The monoisotopic (exact) mass is 269 g/mol. The van der Waals surface area contributed by atoms with Crippen LogP contribution in [0.5, 0.6) is 0 Å². The number of hydrogen-bond acceptors (Lipinski definition) is 3. The first-order valence-electron chi connectivity index (χ1n) is 7.20. The summed E-state index contributed by atoms with van der Waals surface area (Å²) in [6, 6.07) is 0. The van der Waals surface area contributed by atoms with Gasteiger partial charge in [0.2, 0.25) is 5.91 Å². The minimum Gasteiger partial charge on any atom is -0.481 e. The lowest BCUT2D eigenvalue weighted by Crippen LogP contribution is -2.51. The van der Waals surface area contributed by atoms with Crippen molar-refractivity contribution in [2.75, 3.05) is 13.2 Å². The maximum atomic E-state index is 12.1. The Hall–Kier alpha value is -1.10. The van der Waals surface area contributed by atoms with Crippen LogP contribution >= 0.6 is 0 Å². The number of nitrogens with one attached hydrogen (secondary N) is 1. The molecule has 1 amide bonds. The molecule has 5 heteroatoms. The lowest BCUT2D eigenvalue weighted by atomic mass is 9.79. The highest BCUT2D eigenvalue weighted by molar-refractivity contribution is 5.78. The molecule has 0 aromatic carbocycles. The Labute approximate surface area is 113 Å². The summed E-state index contributed by atoms with van der Waals surface area (Å²) in [6.07, 6.45) is 6.13. The second-order valence-electron chi connectivity index (χ2n) is 5.89. The van der Waals surface area contributed by atoms with E-state index in [0.29, 0.717) is 18.9 Å². The second-order valence-corrected chi connectivity index (χ2v) is 5.89. The van der Waals surface area contributed by atoms with Crippen molar-refractivity contribution in [3.05, 3.63) is 0 Å². The average molecular weight is 269 g/mol. The molecule has 0 bridgehead atoms. The zero-order chi connectivity index (χ0) is 13.7. The molecular formula is C14H23NO4. The molecule has 1 aliphatic heterocycles. The Morgan fingerprint density at radius 2 is 2.00 bits per heavy atom. The maximum Gasteiger partial charge on any atom is 0.305 e. The number of ether oxygens (including phenoxy) is 1. The third-order valence-electron chi connectivity index (χ3n) is 4.20. The van der Waals surface area contributed by atoms with E-state index in [-0.39, 0.29) is 12.3 Å². The van der Waals surface area contributed by atoms with Gasteiger partial charge in [-0.2, -0.15) is 0 Å². The third kappa shape index (κ3) is 4.20. The SMILES string of the molecule is O=C(O)CC1(NC(=O)CC2CCOC2)CCCCC1. The summed E-state index contributed by atoms with van der Waals surface area (Å²) < 4.78 is 5.26. The molecule has 0 radical (unpaired) electrons. The van der Waals surface area contributed by atoms with Crippen molar-refractivity contribution < 1.29 is 19.4 Å². The van der Waals surface area contributed by atoms with Crippen molar-refractivity contribution in [2.24, 2.45) is 5.92 Å². The van der Waals surface area contributed by atoms with Crippen LogP contribution in [-0.4, -0.2) is 35.7 Å². The van der Waals surface area contributed by atoms with Gasteiger partial charge >= 0.3 is 5.97 Å². The summed E-state index contributed by atoms with van der Waals surface area (Å²) in [6.45, 7) is 1.39. The first kappa shape index (κ1) is 14.3. The molecule has 1 heterocycles. The molecule has 2 aliphatic rings. The molecule has 2 fully saturated rings. The van der Waals surface area contributed by atoms with Crippen LogP contribution in [-0.2, 0) is 14.3 Å². The minimum atomic E-state index is -0.827. The lowest BCUT2D eigenvalue weighted by molar-refractivity contribution is -0.139. The summed E-state index contributed by atoms with van der Waals surface area (Å²) in [5.41, 5.74) is -0.513. The van der Waals surface area contributed by atoms with Gasteiger partial charge in [0.25, 0.3) is 0 Å². The van der Waals surface area contributed by atoms with E-state index in [1.54, 1.807) is 0 Å². The number of carboxylic acids is 1. The summed E-state index contributed by atoms with van der Waals surface area (Å²) in [4.78, 5) is 23.1. The molecule has 0 aromatic heterocycles. The Morgan fingerprint density at radius 1 is 1.26 bits per heavy atom. The van der Waals surface area contributed by atoms with Crippen molar-refractivity contribution in [1.82, 2.24) is 5.32 Å². The van der Waals surface area contributed by atoms with Crippen LogP contribution < -0.4 is 5.32 Å². The summed E-state index contributed by atoms with van der Waals surface area (Å²) >= 11 is 0. The summed E-state index contributed by atoms with van der Waals surface area (Å²) in [5, 5.41) is 12.1. The second kappa shape index (κ2) is 6.37. The normalized spacial score (nSPS) is 26.0. The van der Waals surface area contributed by atoms with Gasteiger partial charge in [0.1, 0.15) is 0 Å². The number of hydrogen-bond donors (Lipinski definition) is 2. The van der Waals surface area contributed by atoms with Crippen LogP contribution in [0.2, 0.25) is 0 Å². The Kier molecular flexibility index (Phi) is 4.80. The van der Waals surface area contributed by atoms with Gasteiger partial charge in [0.15, 0.2) is 0 Å². The van der Waals surface area contributed by atoms with Crippen LogP contribution in [0.25, 0.3) is 0 Å². The Morgan fingerprint density at radius 3 is 2.58 bits per heavy atom. The predicted octanol–water partition coefficient (Wildman–Crippen LogP) is 1.71. The molecule has 1 atom stereocenters. The van der Waals surface area contributed by atoms with E-state index in [1.807, 2.05) is 0 Å². The van der Waals surface area contributed by atoms with Crippen molar-refractivity contribution in [1.29, 1.82) is 0 Å². The largest absolute Gasteiger partial charge is 0.481 e. The van der Waals surface area contributed by atoms with Crippen molar-refractivity contribution >= 4 is 11.9 Å². The highest BCUT2D eigenvalue weighted by Crippen LogP contribution is 2.31. The number of carbonyl (C=O) groups is 2. The smallest absolute Gasteiger partial charge is 0.305 e. The number of aliphatic carboxylic acids is 1.